The molecule has 6 rings (SSSR count). The first-order valence-electron chi connectivity index (χ1n) is 12.1. The fourth-order valence-corrected chi connectivity index (χ4v) is 4.83. The average Bonchev–Trinajstić information content (AvgIpc) is 3.51. The summed E-state index contributed by atoms with van der Waals surface area (Å²) in [6.07, 6.45) is 9.83. The van der Waals surface area contributed by atoms with Crippen molar-refractivity contribution in [3.05, 3.63) is 82.3 Å². The fourth-order valence-electron chi connectivity index (χ4n) is 4.65. The average molecular weight is 509 g/mol. The number of ether oxygens (including phenoxy) is 1. The molecule has 1 amide bonds. The maximum atomic E-state index is 14.9. The van der Waals surface area contributed by atoms with Crippen LogP contribution in [0.4, 0.5) is 10.1 Å². The van der Waals surface area contributed by atoms with Gasteiger partial charge in [0.25, 0.3) is 5.91 Å². The van der Waals surface area contributed by atoms with Gasteiger partial charge >= 0.3 is 0 Å². The summed E-state index contributed by atoms with van der Waals surface area (Å²) in [5.41, 5.74) is 4.56. The van der Waals surface area contributed by atoms with Crippen LogP contribution >= 0.6 is 11.6 Å². The predicted molar refractivity (Wildman–Crippen MR) is 134 cm³/mol. The molecule has 1 saturated carbocycles. The highest BCUT2D eigenvalue weighted by atomic mass is 35.5. The van der Waals surface area contributed by atoms with Gasteiger partial charge in [0.05, 0.1) is 42.2 Å². The van der Waals surface area contributed by atoms with Gasteiger partial charge in [0.15, 0.2) is 0 Å². The van der Waals surface area contributed by atoms with E-state index in [4.69, 9.17) is 16.3 Å². The van der Waals surface area contributed by atoms with Gasteiger partial charge in [-0.05, 0) is 42.5 Å². The highest BCUT2D eigenvalue weighted by Crippen LogP contribution is 2.39. The van der Waals surface area contributed by atoms with Gasteiger partial charge in [-0.25, -0.2) is 9.37 Å². The van der Waals surface area contributed by atoms with E-state index >= 15 is 0 Å². The number of amides is 1. The Balaban J connectivity index is 1.13. The summed E-state index contributed by atoms with van der Waals surface area (Å²) in [5.74, 6) is -0.177. The zero-order chi connectivity index (χ0) is 24.6. The molecule has 2 fully saturated rings. The maximum absolute atomic E-state index is 14.9. The van der Waals surface area contributed by atoms with Gasteiger partial charge in [-0.1, -0.05) is 17.7 Å². The maximum Gasteiger partial charge on any atom is 0.254 e. The number of pyridine rings is 1. The summed E-state index contributed by atoms with van der Waals surface area (Å²) >= 11 is 6.04. The molecule has 1 saturated heterocycles. The molecule has 0 atom stereocenters. The van der Waals surface area contributed by atoms with Crippen molar-refractivity contribution in [3.8, 4) is 0 Å². The van der Waals surface area contributed by atoms with Crippen molar-refractivity contribution in [1.29, 1.82) is 0 Å². The van der Waals surface area contributed by atoms with E-state index in [2.05, 4.69) is 27.7 Å². The minimum atomic E-state index is -0.520. The number of carbonyl (C=O) groups excluding carboxylic acids is 1. The number of nitrogens with one attached hydrogen (secondary N) is 1. The molecule has 3 aromatic heterocycles. The van der Waals surface area contributed by atoms with Crippen molar-refractivity contribution >= 4 is 28.8 Å². The smallest absolute Gasteiger partial charge is 0.254 e. The molecule has 0 radical (unpaired) electrons. The topological polar surface area (TPSA) is 76.7 Å². The summed E-state index contributed by atoms with van der Waals surface area (Å²) in [4.78, 5) is 19.6. The summed E-state index contributed by atoms with van der Waals surface area (Å²) in [6, 6.07) is 7.52. The second-order valence-corrected chi connectivity index (χ2v) is 9.71. The zero-order valence-electron chi connectivity index (χ0n) is 19.7. The summed E-state index contributed by atoms with van der Waals surface area (Å²) in [7, 11) is 0. The van der Waals surface area contributed by atoms with Crippen LogP contribution in [-0.2, 0) is 17.8 Å². The predicted octanol–water partition coefficient (Wildman–Crippen LogP) is 4.02. The molecule has 0 spiro atoms. The van der Waals surface area contributed by atoms with Gasteiger partial charge < -0.3 is 19.4 Å². The Bertz CT molecular complexity index is 1420. The molecule has 4 heterocycles. The number of nitrogens with zero attached hydrogens (tertiary/aromatic N) is 5. The van der Waals surface area contributed by atoms with Crippen molar-refractivity contribution in [1.82, 2.24) is 24.5 Å². The Morgan fingerprint density at radius 2 is 1.97 bits per heavy atom. The number of benzene rings is 1. The lowest BCUT2D eigenvalue weighted by atomic mass is 10.1. The van der Waals surface area contributed by atoms with Crippen LogP contribution in [0, 0.1) is 5.82 Å². The third kappa shape index (κ3) is 4.68. The SMILES string of the molecule is O=C(NCc1c(N2CCOCC2)ccc(Cl)c1F)c1cnn(Cc2cn3cc(C4CC4)ccc3n2)c1. The standard InChI is InChI=1S/C26H26ClFN6O2/c27-22-4-5-23(32-7-9-36-10-8-32)21(25(22)28)12-29-26(35)19-11-30-34(14-19)16-20-15-33-13-18(17-1-2-17)3-6-24(33)31-20/h3-6,11,13-15,17H,1-2,7-10,12,16H2,(H,29,35). The van der Waals surface area contributed by atoms with Gasteiger partial charge in [0.2, 0.25) is 0 Å². The zero-order valence-corrected chi connectivity index (χ0v) is 20.4. The van der Waals surface area contributed by atoms with Crippen molar-refractivity contribution in [3.63, 3.8) is 0 Å². The number of fused-ring (bicyclic) bond motifs is 1. The number of morpholine rings is 1. The van der Waals surface area contributed by atoms with E-state index in [1.54, 1.807) is 23.0 Å². The van der Waals surface area contributed by atoms with Crippen LogP contribution in [0.5, 0.6) is 0 Å². The van der Waals surface area contributed by atoms with Crippen molar-refractivity contribution in [2.75, 3.05) is 31.2 Å². The molecule has 1 aliphatic carbocycles. The summed E-state index contributed by atoms with van der Waals surface area (Å²) in [5, 5.41) is 7.17. The lowest BCUT2D eigenvalue weighted by Gasteiger charge is -2.31. The molecule has 186 valence electrons. The Labute approximate surface area is 212 Å². The van der Waals surface area contributed by atoms with Crippen molar-refractivity contribution < 1.29 is 13.9 Å². The quantitative estimate of drug-likeness (QED) is 0.408. The number of hydrogen-bond donors (Lipinski definition) is 1. The second-order valence-electron chi connectivity index (χ2n) is 9.30. The minimum absolute atomic E-state index is 0.0128. The van der Waals surface area contributed by atoms with Crippen LogP contribution in [0.15, 0.2) is 49.1 Å². The number of hydrogen-bond acceptors (Lipinski definition) is 5. The molecule has 8 nitrogen and oxygen atoms in total. The minimum Gasteiger partial charge on any atom is -0.378 e. The van der Waals surface area contributed by atoms with Gasteiger partial charge in [-0.3, -0.25) is 9.48 Å². The number of rotatable bonds is 7. The van der Waals surface area contributed by atoms with Crippen LogP contribution in [0.2, 0.25) is 5.02 Å². The van der Waals surface area contributed by atoms with E-state index in [0.717, 1.165) is 11.3 Å². The Morgan fingerprint density at radius 3 is 2.78 bits per heavy atom. The number of anilines is 1. The Kier molecular flexibility index (Phi) is 6.10. The lowest BCUT2D eigenvalue weighted by molar-refractivity contribution is 0.0950. The van der Waals surface area contributed by atoms with Crippen LogP contribution in [-0.4, -0.2) is 51.4 Å². The van der Waals surface area contributed by atoms with Gasteiger partial charge in [0.1, 0.15) is 11.5 Å². The van der Waals surface area contributed by atoms with E-state index in [9.17, 15) is 9.18 Å². The summed E-state index contributed by atoms with van der Waals surface area (Å²) < 4.78 is 24.0. The normalized spacial score (nSPS) is 16.0. The van der Waals surface area contributed by atoms with E-state index in [1.165, 1.54) is 24.6 Å². The molecule has 1 N–H and O–H groups in total. The molecule has 1 aliphatic heterocycles. The van der Waals surface area contributed by atoms with E-state index in [0.29, 0.717) is 55.6 Å². The van der Waals surface area contributed by atoms with Gasteiger partial charge in [-0.2, -0.15) is 5.10 Å². The molecule has 36 heavy (non-hydrogen) atoms. The molecule has 1 aromatic carbocycles. The van der Waals surface area contributed by atoms with Crippen LogP contribution in [0.3, 0.4) is 0 Å². The van der Waals surface area contributed by atoms with Gasteiger partial charge in [-0.15, -0.1) is 0 Å². The van der Waals surface area contributed by atoms with Crippen LogP contribution < -0.4 is 10.2 Å². The highest BCUT2D eigenvalue weighted by Gasteiger charge is 2.24. The number of carbonyl (C=O) groups is 1. The first-order chi connectivity index (χ1) is 17.5. The number of imidazole rings is 1. The van der Waals surface area contributed by atoms with E-state index < -0.39 is 5.82 Å². The summed E-state index contributed by atoms with van der Waals surface area (Å²) in [6.45, 7) is 2.91. The number of aromatic nitrogens is 4. The Morgan fingerprint density at radius 1 is 1.14 bits per heavy atom. The largest absolute Gasteiger partial charge is 0.378 e. The van der Waals surface area contributed by atoms with Gasteiger partial charge in [0, 0.05) is 49.5 Å². The van der Waals surface area contributed by atoms with Crippen molar-refractivity contribution in [2.24, 2.45) is 0 Å². The molecule has 0 unspecified atom stereocenters. The van der Waals surface area contributed by atoms with E-state index in [1.807, 2.05) is 21.6 Å². The van der Waals surface area contributed by atoms with E-state index in [-0.39, 0.29) is 17.5 Å². The third-order valence-corrected chi connectivity index (χ3v) is 7.03. The molecule has 2 aliphatic rings. The van der Waals surface area contributed by atoms with Crippen LogP contribution in [0.1, 0.15) is 45.9 Å². The molecule has 0 bridgehead atoms. The van der Waals surface area contributed by atoms with Crippen LogP contribution in [0.25, 0.3) is 5.65 Å². The third-order valence-electron chi connectivity index (χ3n) is 6.74. The Hall–Kier alpha value is -3.43. The molecular weight excluding hydrogens is 483 g/mol. The first kappa shape index (κ1) is 23.0. The number of halogens is 2. The molecule has 4 aromatic rings. The fraction of sp³-hybridized carbons (Fsp3) is 0.346. The first-order valence-corrected chi connectivity index (χ1v) is 12.5. The second kappa shape index (κ2) is 9.55. The highest BCUT2D eigenvalue weighted by molar-refractivity contribution is 6.30. The molecule has 10 heteroatoms. The van der Waals surface area contributed by atoms with Crippen molar-refractivity contribution in [2.45, 2.75) is 31.8 Å². The molecular formula is C26H26ClFN6O2. The monoisotopic (exact) mass is 508 g/mol. The lowest BCUT2D eigenvalue weighted by Crippen LogP contribution is -2.37.